The number of amides is 1. The van der Waals surface area contributed by atoms with E-state index in [-0.39, 0.29) is 11.9 Å². The molecule has 1 amide bonds. The van der Waals surface area contributed by atoms with Crippen LogP contribution in [-0.2, 0) is 9.53 Å². The van der Waals surface area contributed by atoms with Crippen molar-refractivity contribution < 1.29 is 13.9 Å². The molecule has 2 unspecified atom stereocenters. The zero-order chi connectivity index (χ0) is 15.5. The topological polar surface area (TPSA) is 62.4 Å². The second-order valence-corrected chi connectivity index (χ2v) is 5.23. The van der Waals surface area contributed by atoms with E-state index in [2.05, 4.69) is 15.7 Å². The molecule has 0 saturated carbocycles. The maximum absolute atomic E-state index is 13.0. The number of rotatable bonds is 6. The summed E-state index contributed by atoms with van der Waals surface area (Å²) in [4.78, 5) is 9.79. The standard InChI is InChI=1S/C8H12FN2P.C6H11NO2/c1-10-6-3-4-7(9)8(5-6)11-12-2;8-5-7-4-6-2-1-3-9-6/h3-5,10-12H,1-2H3;5-6H,1-4H2,(H,7,8). The summed E-state index contributed by atoms with van der Waals surface area (Å²) >= 11 is 0. The van der Waals surface area contributed by atoms with Crippen molar-refractivity contribution in [2.75, 3.05) is 37.3 Å². The van der Waals surface area contributed by atoms with Gasteiger partial charge < -0.3 is 20.5 Å². The number of ether oxygens (including phenoxy) is 1. The molecule has 5 nitrogen and oxygen atoms in total. The highest BCUT2D eigenvalue weighted by atomic mass is 31.1. The lowest BCUT2D eigenvalue weighted by Gasteiger charge is -2.06. The number of carbonyl (C=O) groups is 1. The van der Waals surface area contributed by atoms with Crippen molar-refractivity contribution >= 4 is 26.5 Å². The summed E-state index contributed by atoms with van der Waals surface area (Å²) in [6, 6.07) is 4.92. The third-order valence-corrected chi connectivity index (χ3v) is 3.49. The lowest BCUT2D eigenvalue weighted by Crippen LogP contribution is -2.24. The molecule has 0 spiro atoms. The molecule has 21 heavy (non-hydrogen) atoms. The van der Waals surface area contributed by atoms with Crippen LogP contribution in [0, 0.1) is 5.82 Å². The average molecular weight is 315 g/mol. The molecule has 1 aromatic rings. The second-order valence-electron chi connectivity index (χ2n) is 4.48. The number of benzene rings is 1. The summed E-state index contributed by atoms with van der Waals surface area (Å²) < 4.78 is 18.2. The van der Waals surface area contributed by atoms with Crippen molar-refractivity contribution in [3.8, 4) is 0 Å². The highest BCUT2D eigenvalue weighted by Crippen LogP contribution is 2.22. The molecule has 1 aromatic carbocycles. The minimum atomic E-state index is -0.205. The maximum atomic E-state index is 13.0. The van der Waals surface area contributed by atoms with Crippen molar-refractivity contribution in [3.05, 3.63) is 24.0 Å². The predicted octanol–water partition coefficient (Wildman–Crippen LogP) is 2.41. The molecule has 1 aliphatic rings. The monoisotopic (exact) mass is 315 g/mol. The van der Waals surface area contributed by atoms with Gasteiger partial charge in [-0.2, -0.15) is 0 Å². The third kappa shape index (κ3) is 6.74. The number of carbonyl (C=O) groups excluding carboxylic acids is 1. The van der Waals surface area contributed by atoms with Gasteiger partial charge in [-0.3, -0.25) is 4.79 Å². The third-order valence-electron chi connectivity index (χ3n) is 2.97. The molecule has 1 aliphatic heterocycles. The van der Waals surface area contributed by atoms with Gasteiger partial charge in [0.15, 0.2) is 0 Å². The van der Waals surface area contributed by atoms with Gasteiger partial charge in [-0.05, 0) is 46.4 Å². The first kappa shape index (κ1) is 17.7. The van der Waals surface area contributed by atoms with Crippen molar-refractivity contribution in [3.63, 3.8) is 0 Å². The summed E-state index contributed by atoms with van der Waals surface area (Å²) in [5.74, 6) is -0.205. The molecule has 2 rings (SSSR count). The Kier molecular flexibility index (Phi) is 8.71. The van der Waals surface area contributed by atoms with Crippen LogP contribution < -0.4 is 15.7 Å². The minimum absolute atomic E-state index is 0.205. The van der Waals surface area contributed by atoms with Crippen LogP contribution in [0.4, 0.5) is 15.8 Å². The first-order chi connectivity index (χ1) is 10.2. The Morgan fingerprint density at radius 1 is 1.52 bits per heavy atom. The SMILES string of the molecule is CNc1ccc(F)c(NPC)c1.O=CNCC1CCCO1. The summed E-state index contributed by atoms with van der Waals surface area (Å²) in [5, 5.41) is 8.50. The molecular formula is C14H23FN3O2P. The number of hydrogen-bond donors (Lipinski definition) is 3. The molecule has 7 heteroatoms. The Labute approximate surface area is 126 Å². The number of halogens is 1. The lowest BCUT2D eigenvalue weighted by molar-refractivity contribution is -0.110. The molecule has 0 aliphatic carbocycles. The summed E-state index contributed by atoms with van der Waals surface area (Å²) in [5.41, 5.74) is 1.47. The smallest absolute Gasteiger partial charge is 0.207 e. The highest BCUT2D eigenvalue weighted by molar-refractivity contribution is 7.38. The van der Waals surface area contributed by atoms with Crippen molar-refractivity contribution in [1.29, 1.82) is 0 Å². The summed E-state index contributed by atoms with van der Waals surface area (Å²) in [6.07, 6.45) is 3.20. The van der Waals surface area contributed by atoms with Crippen LogP contribution in [0.2, 0.25) is 0 Å². The predicted molar refractivity (Wildman–Crippen MR) is 86.8 cm³/mol. The Balaban J connectivity index is 0.000000219. The number of hydrogen-bond acceptors (Lipinski definition) is 4. The van der Waals surface area contributed by atoms with Crippen LogP contribution in [0.5, 0.6) is 0 Å². The molecule has 0 aromatic heterocycles. The van der Waals surface area contributed by atoms with Crippen LogP contribution in [0.1, 0.15) is 12.8 Å². The number of anilines is 2. The van der Waals surface area contributed by atoms with Crippen molar-refractivity contribution in [1.82, 2.24) is 5.32 Å². The van der Waals surface area contributed by atoms with Crippen molar-refractivity contribution in [2.45, 2.75) is 18.9 Å². The summed E-state index contributed by atoms with van der Waals surface area (Å²) in [6.45, 7) is 3.49. The van der Waals surface area contributed by atoms with Crippen LogP contribution in [0.15, 0.2) is 18.2 Å². The average Bonchev–Trinajstić information content (AvgIpc) is 3.01. The van der Waals surface area contributed by atoms with E-state index in [1.807, 2.05) is 13.7 Å². The van der Waals surface area contributed by atoms with Gasteiger partial charge in [-0.15, -0.1) is 0 Å². The summed E-state index contributed by atoms with van der Waals surface area (Å²) in [7, 11) is 2.32. The molecule has 1 fully saturated rings. The van der Waals surface area contributed by atoms with Gasteiger partial charge in [0, 0.05) is 25.9 Å². The Morgan fingerprint density at radius 3 is 2.90 bits per heavy atom. The largest absolute Gasteiger partial charge is 0.388 e. The van der Waals surface area contributed by atoms with E-state index >= 15 is 0 Å². The van der Waals surface area contributed by atoms with E-state index in [9.17, 15) is 9.18 Å². The van der Waals surface area contributed by atoms with Crippen LogP contribution in [0.3, 0.4) is 0 Å². The van der Waals surface area contributed by atoms with E-state index in [4.69, 9.17) is 4.74 Å². The Hall–Kier alpha value is -1.39. The molecule has 0 radical (unpaired) electrons. The van der Waals surface area contributed by atoms with E-state index in [1.54, 1.807) is 12.1 Å². The van der Waals surface area contributed by atoms with Gasteiger partial charge in [0.2, 0.25) is 6.41 Å². The van der Waals surface area contributed by atoms with Crippen LogP contribution >= 0.6 is 8.73 Å². The fourth-order valence-electron chi connectivity index (χ4n) is 1.90. The van der Waals surface area contributed by atoms with Crippen LogP contribution in [0.25, 0.3) is 0 Å². The highest BCUT2D eigenvalue weighted by Gasteiger charge is 2.13. The van der Waals surface area contributed by atoms with E-state index < -0.39 is 0 Å². The minimum Gasteiger partial charge on any atom is -0.388 e. The Bertz CT molecular complexity index is 429. The number of nitrogens with one attached hydrogen (secondary N) is 3. The molecular weight excluding hydrogens is 292 g/mol. The quantitative estimate of drug-likeness (QED) is 0.557. The first-order valence-corrected chi connectivity index (χ1v) is 8.40. The first-order valence-electron chi connectivity index (χ1n) is 6.90. The van der Waals surface area contributed by atoms with E-state index in [1.165, 1.54) is 6.07 Å². The maximum Gasteiger partial charge on any atom is 0.207 e. The molecule has 2 atom stereocenters. The second kappa shape index (κ2) is 10.4. The van der Waals surface area contributed by atoms with Crippen LogP contribution in [-0.4, -0.2) is 39.4 Å². The molecule has 1 heterocycles. The fourth-order valence-corrected chi connectivity index (χ4v) is 2.36. The van der Waals surface area contributed by atoms with Gasteiger partial charge >= 0.3 is 0 Å². The zero-order valence-corrected chi connectivity index (χ0v) is 13.4. The molecule has 3 N–H and O–H groups in total. The van der Waals surface area contributed by atoms with Gasteiger partial charge in [-0.25, -0.2) is 4.39 Å². The van der Waals surface area contributed by atoms with E-state index in [0.717, 1.165) is 25.1 Å². The van der Waals surface area contributed by atoms with Gasteiger partial charge in [0.1, 0.15) is 5.82 Å². The zero-order valence-electron chi connectivity index (χ0n) is 12.4. The van der Waals surface area contributed by atoms with Gasteiger partial charge in [0.25, 0.3) is 0 Å². The lowest BCUT2D eigenvalue weighted by atomic mass is 10.2. The van der Waals surface area contributed by atoms with Gasteiger partial charge in [0.05, 0.1) is 11.8 Å². The Morgan fingerprint density at radius 2 is 2.33 bits per heavy atom. The normalized spacial score (nSPS) is 17.2. The van der Waals surface area contributed by atoms with E-state index in [0.29, 0.717) is 27.4 Å². The van der Waals surface area contributed by atoms with Crippen molar-refractivity contribution in [2.24, 2.45) is 0 Å². The molecule has 1 saturated heterocycles. The molecule has 0 bridgehead atoms. The van der Waals surface area contributed by atoms with Gasteiger partial charge in [-0.1, -0.05) is 0 Å². The fraction of sp³-hybridized carbons (Fsp3) is 0.500. The molecule has 118 valence electrons.